The van der Waals surface area contributed by atoms with E-state index in [1.807, 2.05) is 0 Å². The third-order valence-corrected chi connectivity index (χ3v) is 2.37. The fourth-order valence-electron chi connectivity index (χ4n) is 1.54. The van der Waals surface area contributed by atoms with Crippen LogP contribution in [0.1, 0.15) is 12.0 Å². The van der Waals surface area contributed by atoms with Crippen molar-refractivity contribution in [2.24, 2.45) is 0 Å². The number of alkyl halides is 2. The molecule has 0 spiro atoms. The largest absolute Gasteiger partial charge is 0.496 e. The Morgan fingerprint density at radius 1 is 1.41 bits per heavy atom. The zero-order valence-electron chi connectivity index (χ0n) is 8.98. The minimum atomic E-state index is -2.62. The maximum atomic E-state index is 12.8. The molecular weight excluding hydrogens is 230 g/mol. The van der Waals surface area contributed by atoms with Crippen molar-refractivity contribution >= 4 is 5.88 Å². The maximum absolute atomic E-state index is 12.8. The first-order valence-electron chi connectivity index (χ1n) is 4.80. The lowest BCUT2D eigenvalue weighted by molar-refractivity contribution is 0.147. The maximum Gasteiger partial charge on any atom is 0.267 e. The predicted octanol–water partition coefficient (Wildman–Crippen LogP) is 2.87. The molecule has 2 rings (SSSR count). The highest BCUT2D eigenvalue weighted by atomic mass is 19.3. The van der Waals surface area contributed by atoms with E-state index in [2.05, 4.69) is 9.68 Å². The quantitative estimate of drug-likeness (QED) is 0.896. The Kier molecular flexibility index (Phi) is 2.95. The fourth-order valence-corrected chi connectivity index (χ4v) is 1.54. The molecule has 0 saturated carbocycles. The standard InChI is InChI=1S/C11H10F2N2O2/c1-16-9-3-2-6(4-7(9)10(12)13)8-5-15-17-11(8)14/h2-5,10H,14H2,1H3. The minimum absolute atomic E-state index is 0.0929. The van der Waals surface area contributed by atoms with Gasteiger partial charge in [0.05, 0.1) is 24.4 Å². The molecule has 0 saturated heterocycles. The molecule has 1 aromatic heterocycles. The van der Waals surface area contributed by atoms with Gasteiger partial charge in [-0.15, -0.1) is 0 Å². The van der Waals surface area contributed by atoms with Gasteiger partial charge in [0.15, 0.2) is 0 Å². The summed E-state index contributed by atoms with van der Waals surface area (Å²) in [6, 6.07) is 4.39. The summed E-state index contributed by atoms with van der Waals surface area (Å²) in [5.41, 5.74) is 6.33. The highest BCUT2D eigenvalue weighted by Gasteiger charge is 2.16. The van der Waals surface area contributed by atoms with Crippen LogP contribution in [0, 0.1) is 0 Å². The summed E-state index contributed by atoms with van der Waals surface area (Å²) in [5, 5.41) is 3.50. The van der Waals surface area contributed by atoms with E-state index in [1.165, 1.54) is 25.4 Å². The van der Waals surface area contributed by atoms with Crippen LogP contribution in [0.3, 0.4) is 0 Å². The number of ether oxygens (including phenoxy) is 1. The van der Waals surface area contributed by atoms with Gasteiger partial charge in [-0.3, -0.25) is 0 Å². The molecule has 0 unspecified atom stereocenters. The van der Waals surface area contributed by atoms with Crippen molar-refractivity contribution in [2.45, 2.75) is 6.43 Å². The molecule has 2 N–H and O–H groups in total. The first kappa shape index (κ1) is 11.4. The second kappa shape index (κ2) is 4.40. The lowest BCUT2D eigenvalue weighted by Crippen LogP contribution is -1.93. The van der Waals surface area contributed by atoms with E-state index in [0.717, 1.165) is 0 Å². The topological polar surface area (TPSA) is 61.3 Å². The highest BCUT2D eigenvalue weighted by molar-refractivity contribution is 5.73. The van der Waals surface area contributed by atoms with Crippen molar-refractivity contribution in [1.29, 1.82) is 0 Å². The van der Waals surface area contributed by atoms with Crippen molar-refractivity contribution in [3.8, 4) is 16.9 Å². The third kappa shape index (κ3) is 2.06. The number of aromatic nitrogens is 1. The smallest absolute Gasteiger partial charge is 0.267 e. The fraction of sp³-hybridized carbons (Fsp3) is 0.182. The number of benzene rings is 1. The summed E-state index contributed by atoms with van der Waals surface area (Å²) in [5.74, 6) is 0.231. The van der Waals surface area contributed by atoms with Crippen molar-refractivity contribution < 1.29 is 18.0 Å². The molecule has 0 bridgehead atoms. The van der Waals surface area contributed by atoms with E-state index < -0.39 is 6.43 Å². The molecule has 0 aliphatic carbocycles. The van der Waals surface area contributed by atoms with Gasteiger partial charge in [-0.1, -0.05) is 11.2 Å². The summed E-state index contributed by atoms with van der Waals surface area (Å²) in [7, 11) is 1.34. The van der Waals surface area contributed by atoms with Gasteiger partial charge in [0.1, 0.15) is 5.75 Å². The molecule has 2 aromatic rings. The lowest BCUT2D eigenvalue weighted by atomic mass is 10.0. The number of nitrogen functional groups attached to an aromatic ring is 1. The molecule has 1 aromatic carbocycles. The number of nitrogens with zero attached hydrogens (tertiary/aromatic N) is 1. The van der Waals surface area contributed by atoms with Gasteiger partial charge in [0, 0.05) is 0 Å². The Labute approximate surface area is 96.0 Å². The van der Waals surface area contributed by atoms with Gasteiger partial charge < -0.3 is 15.0 Å². The number of rotatable bonds is 3. The van der Waals surface area contributed by atoms with Crippen LogP contribution in [0.15, 0.2) is 28.9 Å². The number of hydrogen-bond donors (Lipinski definition) is 1. The van der Waals surface area contributed by atoms with E-state index in [-0.39, 0.29) is 17.2 Å². The van der Waals surface area contributed by atoms with E-state index >= 15 is 0 Å². The van der Waals surface area contributed by atoms with Crippen LogP contribution in [-0.4, -0.2) is 12.3 Å². The van der Waals surface area contributed by atoms with Gasteiger partial charge in [-0.2, -0.15) is 0 Å². The first-order chi connectivity index (χ1) is 8.13. The van der Waals surface area contributed by atoms with Gasteiger partial charge in [0.25, 0.3) is 6.43 Å². The lowest BCUT2D eigenvalue weighted by Gasteiger charge is -2.09. The first-order valence-corrected chi connectivity index (χ1v) is 4.80. The van der Waals surface area contributed by atoms with E-state index in [9.17, 15) is 8.78 Å². The van der Waals surface area contributed by atoms with Crippen molar-refractivity contribution in [1.82, 2.24) is 5.16 Å². The second-order valence-corrected chi connectivity index (χ2v) is 3.36. The van der Waals surface area contributed by atoms with E-state index in [4.69, 9.17) is 10.5 Å². The molecule has 4 nitrogen and oxygen atoms in total. The summed E-state index contributed by atoms with van der Waals surface area (Å²) in [4.78, 5) is 0. The summed E-state index contributed by atoms with van der Waals surface area (Å²) in [6.07, 6.45) is -1.24. The predicted molar refractivity (Wildman–Crippen MR) is 57.9 cm³/mol. The molecule has 0 radical (unpaired) electrons. The Bertz CT molecular complexity index is 526. The average Bonchev–Trinajstić information content (AvgIpc) is 2.74. The Morgan fingerprint density at radius 3 is 2.71 bits per heavy atom. The van der Waals surface area contributed by atoms with Crippen LogP contribution in [-0.2, 0) is 0 Å². The van der Waals surface area contributed by atoms with Crippen LogP contribution in [0.4, 0.5) is 14.7 Å². The molecule has 6 heteroatoms. The number of methoxy groups -OCH3 is 1. The molecular formula is C11H10F2N2O2. The third-order valence-electron chi connectivity index (χ3n) is 2.37. The van der Waals surface area contributed by atoms with Crippen LogP contribution in [0.2, 0.25) is 0 Å². The normalized spacial score (nSPS) is 10.8. The Morgan fingerprint density at radius 2 is 2.18 bits per heavy atom. The number of halogens is 2. The molecule has 0 amide bonds. The van der Waals surface area contributed by atoms with E-state index in [1.54, 1.807) is 6.07 Å². The highest BCUT2D eigenvalue weighted by Crippen LogP contribution is 2.34. The molecule has 0 aliphatic heterocycles. The van der Waals surface area contributed by atoms with Gasteiger partial charge in [-0.05, 0) is 17.7 Å². The molecule has 0 atom stereocenters. The zero-order valence-corrected chi connectivity index (χ0v) is 8.98. The summed E-state index contributed by atoms with van der Waals surface area (Å²) >= 11 is 0. The minimum Gasteiger partial charge on any atom is -0.496 e. The molecule has 90 valence electrons. The second-order valence-electron chi connectivity index (χ2n) is 3.36. The number of hydrogen-bond acceptors (Lipinski definition) is 4. The van der Waals surface area contributed by atoms with Gasteiger partial charge in [0.2, 0.25) is 5.88 Å². The zero-order chi connectivity index (χ0) is 12.4. The van der Waals surface area contributed by atoms with Gasteiger partial charge >= 0.3 is 0 Å². The van der Waals surface area contributed by atoms with Crippen LogP contribution < -0.4 is 10.5 Å². The summed E-state index contributed by atoms with van der Waals surface area (Å²) < 4.78 is 35.1. The Balaban J connectivity index is 2.51. The molecule has 0 fully saturated rings. The van der Waals surface area contributed by atoms with Crippen LogP contribution in [0.5, 0.6) is 5.75 Å². The van der Waals surface area contributed by atoms with Crippen LogP contribution in [0.25, 0.3) is 11.1 Å². The molecule has 0 aliphatic rings. The van der Waals surface area contributed by atoms with E-state index in [0.29, 0.717) is 11.1 Å². The van der Waals surface area contributed by atoms with Crippen LogP contribution >= 0.6 is 0 Å². The Hall–Kier alpha value is -2.11. The van der Waals surface area contributed by atoms with Crippen molar-refractivity contribution in [3.63, 3.8) is 0 Å². The average molecular weight is 240 g/mol. The summed E-state index contributed by atoms with van der Waals surface area (Å²) in [6.45, 7) is 0. The monoisotopic (exact) mass is 240 g/mol. The number of anilines is 1. The SMILES string of the molecule is COc1ccc(-c2cnoc2N)cc1C(F)F. The molecule has 17 heavy (non-hydrogen) atoms. The number of nitrogens with two attached hydrogens (primary N) is 1. The van der Waals surface area contributed by atoms with Crippen molar-refractivity contribution in [2.75, 3.05) is 12.8 Å². The van der Waals surface area contributed by atoms with Crippen molar-refractivity contribution in [3.05, 3.63) is 30.0 Å². The van der Waals surface area contributed by atoms with Gasteiger partial charge in [-0.25, -0.2) is 8.78 Å². The molecule has 1 heterocycles.